The number of nitrogens with one attached hydrogen (secondary N) is 2. The van der Waals surface area contributed by atoms with Gasteiger partial charge in [0.05, 0.1) is 0 Å². The van der Waals surface area contributed by atoms with Crippen LogP contribution >= 0.6 is 11.8 Å². The summed E-state index contributed by atoms with van der Waals surface area (Å²) in [5.74, 6) is 0.942. The summed E-state index contributed by atoms with van der Waals surface area (Å²) in [6.45, 7) is 7.01. The number of guanidine groups is 1. The number of aliphatic imine (C=N–C) groups is 1. The molecule has 2 N–H and O–H groups in total. The highest BCUT2D eigenvalue weighted by Gasteiger charge is 2.32. The van der Waals surface area contributed by atoms with Crippen molar-refractivity contribution in [3.05, 3.63) is 0 Å². The first-order valence-corrected chi connectivity index (χ1v) is 10.8. The van der Waals surface area contributed by atoms with Gasteiger partial charge in [0.25, 0.3) is 0 Å². The number of rotatable bonds is 8. The van der Waals surface area contributed by atoms with Crippen molar-refractivity contribution < 1.29 is 9.47 Å². The summed E-state index contributed by atoms with van der Waals surface area (Å²) in [6, 6.07) is 0.518. The van der Waals surface area contributed by atoms with E-state index in [1.165, 1.54) is 12.8 Å². The number of nitrogens with zero attached hydrogens (tertiary/aromatic N) is 2. The van der Waals surface area contributed by atoms with Crippen molar-refractivity contribution in [2.45, 2.75) is 42.9 Å². The lowest BCUT2D eigenvalue weighted by Crippen LogP contribution is -2.52. The fourth-order valence-electron chi connectivity index (χ4n) is 3.56. The van der Waals surface area contributed by atoms with E-state index in [9.17, 15) is 0 Å². The van der Waals surface area contributed by atoms with Gasteiger partial charge in [-0.05, 0) is 38.4 Å². The normalized spacial score (nSPS) is 22.8. The van der Waals surface area contributed by atoms with Gasteiger partial charge < -0.3 is 25.0 Å². The van der Waals surface area contributed by atoms with Crippen LogP contribution in [0.2, 0.25) is 0 Å². The molecular formula is C18H36N4O2S. The molecule has 2 saturated heterocycles. The summed E-state index contributed by atoms with van der Waals surface area (Å²) < 4.78 is 10.9. The number of likely N-dealkylation sites (tertiary alicyclic amines) is 1. The maximum absolute atomic E-state index is 5.53. The minimum atomic E-state index is 0.278. The molecule has 6 nitrogen and oxygen atoms in total. The molecule has 0 amide bonds. The van der Waals surface area contributed by atoms with E-state index in [1.54, 1.807) is 7.11 Å². The van der Waals surface area contributed by atoms with E-state index >= 15 is 0 Å². The Morgan fingerprint density at radius 2 is 2.04 bits per heavy atom. The molecule has 0 bridgehead atoms. The Balaban J connectivity index is 1.70. The zero-order valence-electron chi connectivity index (χ0n) is 16.2. The second kappa shape index (κ2) is 11.3. The zero-order valence-corrected chi connectivity index (χ0v) is 17.0. The first-order chi connectivity index (χ1) is 12.2. The molecule has 0 aromatic carbocycles. The molecule has 2 rings (SSSR count). The SMILES string of the molecule is CN=C(NCC1(SC)CCOCC1)NC1CCN(CCCOC)CC1. The fraction of sp³-hybridized carbons (Fsp3) is 0.944. The van der Waals surface area contributed by atoms with E-state index in [2.05, 4.69) is 26.8 Å². The summed E-state index contributed by atoms with van der Waals surface area (Å²) in [7, 11) is 3.64. The molecular weight excluding hydrogens is 336 g/mol. The fourth-order valence-corrected chi connectivity index (χ4v) is 4.35. The number of thioether (sulfide) groups is 1. The number of hydrogen-bond donors (Lipinski definition) is 2. The van der Waals surface area contributed by atoms with Gasteiger partial charge in [0, 0.05) is 70.9 Å². The Hall–Kier alpha value is -0.500. The van der Waals surface area contributed by atoms with Crippen LogP contribution in [0.25, 0.3) is 0 Å². The van der Waals surface area contributed by atoms with E-state index in [4.69, 9.17) is 9.47 Å². The molecule has 0 spiro atoms. The third-order valence-corrected chi connectivity index (χ3v) is 6.81. The first kappa shape index (κ1) is 20.8. The van der Waals surface area contributed by atoms with Crippen LogP contribution < -0.4 is 10.6 Å². The van der Waals surface area contributed by atoms with Gasteiger partial charge in [0.15, 0.2) is 5.96 Å². The van der Waals surface area contributed by atoms with Crippen molar-refractivity contribution in [3.63, 3.8) is 0 Å². The van der Waals surface area contributed by atoms with Crippen LogP contribution in [0.1, 0.15) is 32.1 Å². The van der Waals surface area contributed by atoms with Crippen molar-refractivity contribution in [2.75, 3.05) is 66.4 Å². The predicted molar refractivity (Wildman–Crippen MR) is 107 cm³/mol. The average molecular weight is 373 g/mol. The second-order valence-corrected chi connectivity index (χ2v) is 8.31. The molecule has 0 aromatic heterocycles. The van der Waals surface area contributed by atoms with Gasteiger partial charge in [-0.1, -0.05) is 0 Å². The lowest BCUT2D eigenvalue weighted by atomic mass is 9.99. The van der Waals surface area contributed by atoms with Crippen molar-refractivity contribution in [1.29, 1.82) is 0 Å². The Labute approximate surface area is 157 Å². The highest BCUT2D eigenvalue weighted by atomic mass is 32.2. The lowest BCUT2D eigenvalue weighted by molar-refractivity contribution is 0.0782. The highest BCUT2D eigenvalue weighted by molar-refractivity contribution is 8.00. The standard InChI is InChI=1S/C18H36N4O2S/c1-19-17(20-15-18(25-3)7-13-24-14-8-18)21-16-5-10-22(11-6-16)9-4-12-23-2/h16H,4-15H2,1-3H3,(H2,19,20,21). The number of methoxy groups -OCH3 is 1. The number of ether oxygens (including phenoxy) is 2. The maximum Gasteiger partial charge on any atom is 0.191 e. The van der Waals surface area contributed by atoms with Crippen LogP contribution in [0, 0.1) is 0 Å². The number of piperidine rings is 1. The molecule has 2 heterocycles. The molecule has 0 aliphatic carbocycles. The van der Waals surface area contributed by atoms with Crippen LogP contribution in [0.5, 0.6) is 0 Å². The summed E-state index contributed by atoms with van der Waals surface area (Å²) in [4.78, 5) is 6.98. The van der Waals surface area contributed by atoms with E-state index in [0.717, 1.165) is 71.2 Å². The van der Waals surface area contributed by atoms with Crippen LogP contribution in [0.4, 0.5) is 0 Å². The van der Waals surface area contributed by atoms with Crippen molar-refractivity contribution in [3.8, 4) is 0 Å². The lowest BCUT2D eigenvalue weighted by Gasteiger charge is -2.37. The molecule has 146 valence electrons. The van der Waals surface area contributed by atoms with Crippen molar-refractivity contribution in [1.82, 2.24) is 15.5 Å². The smallest absolute Gasteiger partial charge is 0.191 e. The molecule has 0 atom stereocenters. The maximum atomic E-state index is 5.53. The second-order valence-electron chi connectivity index (χ2n) is 7.03. The van der Waals surface area contributed by atoms with Gasteiger partial charge >= 0.3 is 0 Å². The Morgan fingerprint density at radius 3 is 2.64 bits per heavy atom. The third kappa shape index (κ3) is 6.96. The largest absolute Gasteiger partial charge is 0.385 e. The van der Waals surface area contributed by atoms with Gasteiger partial charge in [-0.15, -0.1) is 0 Å². The van der Waals surface area contributed by atoms with E-state index < -0.39 is 0 Å². The molecule has 2 fully saturated rings. The Bertz CT molecular complexity index is 395. The highest BCUT2D eigenvalue weighted by Crippen LogP contribution is 2.32. The van der Waals surface area contributed by atoms with E-state index in [1.807, 2.05) is 18.8 Å². The van der Waals surface area contributed by atoms with E-state index in [-0.39, 0.29) is 4.75 Å². The van der Waals surface area contributed by atoms with Crippen LogP contribution in [-0.2, 0) is 9.47 Å². The average Bonchev–Trinajstić information content (AvgIpc) is 2.67. The van der Waals surface area contributed by atoms with Gasteiger partial charge in [0.2, 0.25) is 0 Å². The molecule has 0 saturated carbocycles. The molecule has 25 heavy (non-hydrogen) atoms. The summed E-state index contributed by atoms with van der Waals surface area (Å²) in [5.41, 5.74) is 0. The summed E-state index contributed by atoms with van der Waals surface area (Å²) >= 11 is 1.96. The van der Waals surface area contributed by atoms with Gasteiger partial charge in [0.1, 0.15) is 0 Å². The monoisotopic (exact) mass is 372 g/mol. The topological polar surface area (TPSA) is 58.1 Å². The first-order valence-electron chi connectivity index (χ1n) is 9.53. The molecule has 7 heteroatoms. The third-order valence-electron chi connectivity index (χ3n) is 5.39. The molecule has 0 unspecified atom stereocenters. The Morgan fingerprint density at radius 1 is 1.32 bits per heavy atom. The predicted octanol–water partition coefficient (Wildman–Crippen LogP) is 1.56. The van der Waals surface area contributed by atoms with Crippen molar-refractivity contribution in [2.24, 2.45) is 4.99 Å². The molecule has 2 aliphatic heterocycles. The van der Waals surface area contributed by atoms with Crippen LogP contribution in [0.15, 0.2) is 4.99 Å². The molecule has 2 aliphatic rings. The summed E-state index contributed by atoms with van der Waals surface area (Å²) in [6.07, 6.45) is 7.90. The quantitative estimate of drug-likeness (QED) is 0.383. The minimum absolute atomic E-state index is 0.278. The Kier molecular flexibility index (Phi) is 9.37. The van der Waals surface area contributed by atoms with Gasteiger partial charge in [-0.2, -0.15) is 11.8 Å². The molecule has 0 aromatic rings. The van der Waals surface area contributed by atoms with Crippen LogP contribution in [0.3, 0.4) is 0 Å². The van der Waals surface area contributed by atoms with Gasteiger partial charge in [-0.25, -0.2) is 0 Å². The van der Waals surface area contributed by atoms with Crippen LogP contribution in [-0.4, -0.2) is 88.1 Å². The minimum Gasteiger partial charge on any atom is -0.385 e. The summed E-state index contributed by atoms with van der Waals surface area (Å²) in [5, 5.41) is 7.19. The number of hydrogen-bond acceptors (Lipinski definition) is 5. The zero-order chi connectivity index (χ0) is 18.0. The van der Waals surface area contributed by atoms with Crippen molar-refractivity contribution >= 4 is 17.7 Å². The van der Waals surface area contributed by atoms with Gasteiger partial charge in [-0.3, -0.25) is 4.99 Å². The van der Waals surface area contributed by atoms with E-state index in [0.29, 0.717) is 6.04 Å². The molecule has 0 radical (unpaired) electrons.